The predicted molar refractivity (Wildman–Crippen MR) is 63.8 cm³/mol. The molecule has 0 saturated heterocycles. The van der Waals surface area contributed by atoms with Gasteiger partial charge in [-0.2, -0.15) is 5.10 Å². The van der Waals surface area contributed by atoms with Gasteiger partial charge in [-0.1, -0.05) is 0 Å². The van der Waals surface area contributed by atoms with Crippen molar-refractivity contribution in [3.63, 3.8) is 0 Å². The summed E-state index contributed by atoms with van der Waals surface area (Å²) in [5.41, 5.74) is 6.29. The molecule has 7 heteroatoms. The van der Waals surface area contributed by atoms with Crippen LogP contribution in [0.2, 0.25) is 0 Å². The summed E-state index contributed by atoms with van der Waals surface area (Å²) in [7, 11) is 1.66. The van der Waals surface area contributed by atoms with E-state index in [-0.39, 0.29) is 0 Å². The first kappa shape index (κ1) is 11.3. The Labute approximate surface area is 98.6 Å². The quantitative estimate of drug-likeness (QED) is 0.789. The van der Waals surface area contributed by atoms with Crippen LogP contribution in [-0.4, -0.2) is 33.7 Å². The van der Waals surface area contributed by atoms with E-state index in [4.69, 9.17) is 10.5 Å². The molecule has 0 spiro atoms. The van der Waals surface area contributed by atoms with E-state index < -0.39 is 0 Å². The molecule has 7 nitrogen and oxygen atoms in total. The Hall–Kier alpha value is -2.15. The highest BCUT2D eigenvalue weighted by Gasteiger charge is 2.00. The molecule has 0 saturated carbocycles. The second kappa shape index (κ2) is 5.26. The molecule has 0 unspecified atom stereocenters. The minimum absolute atomic E-state index is 0.395. The molecule has 0 aromatic carbocycles. The zero-order valence-electron chi connectivity index (χ0n) is 9.50. The van der Waals surface area contributed by atoms with Crippen LogP contribution in [0.4, 0.5) is 17.3 Å². The van der Waals surface area contributed by atoms with Crippen molar-refractivity contribution in [3.05, 3.63) is 24.5 Å². The topological polar surface area (TPSA) is 90.9 Å². The van der Waals surface area contributed by atoms with Gasteiger partial charge in [-0.15, -0.1) is 10.2 Å². The van der Waals surface area contributed by atoms with Crippen LogP contribution in [0.15, 0.2) is 24.5 Å². The number of nitrogens with two attached hydrogens (primary N) is 1. The van der Waals surface area contributed by atoms with Gasteiger partial charge in [0.05, 0.1) is 25.0 Å². The van der Waals surface area contributed by atoms with Gasteiger partial charge >= 0.3 is 0 Å². The second-order valence-corrected chi connectivity index (χ2v) is 3.45. The van der Waals surface area contributed by atoms with E-state index in [1.54, 1.807) is 30.1 Å². The number of anilines is 3. The lowest BCUT2D eigenvalue weighted by molar-refractivity contribution is 0.183. The van der Waals surface area contributed by atoms with E-state index in [2.05, 4.69) is 20.6 Å². The molecule has 0 aliphatic heterocycles. The Bertz CT molecular complexity index is 466. The van der Waals surface area contributed by atoms with Crippen molar-refractivity contribution >= 4 is 17.3 Å². The molecule has 90 valence electrons. The Balaban J connectivity index is 1.98. The van der Waals surface area contributed by atoms with E-state index in [0.717, 1.165) is 5.69 Å². The average molecular weight is 234 g/mol. The van der Waals surface area contributed by atoms with Crippen molar-refractivity contribution in [2.24, 2.45) is 0 Å². The Morgan fingerprint density at radius 3 is 3.00 bits per heavy atom. The largest absolute Gasteiger partial charge is 0.383 e. The summed E-state index contributed by atoms with van der Waals surface area (Å²) in [6.45, 7) is 1.34. The van der Waals surface area contributed by atoms with E-state index >= 15 is 0 Å². The van der Waals surface area contributed by atoms with E-state index in [0.29, 0.717) is 24.8 Å². The molecule has 0 atom stereocenters. The maximum absolute atomic E-state index is 5.45. The van der Waals surface area contributed by atoms with Crippen LogP contribution in [-0.2, 0) is 11.3 Å². The summed E-state index contributed by atoms with van der Waals surface area (Å²) in [5.74, 6) is 1.02. The molecule has 0 fully saturated rings. The maximum atomic E-state index is 5.45. The Morgan fingerprint density at radius 2 is 2.29 bits per heavy atom. The molecule has 0 amide bonds. The maximum Gasteiger partial charge on any atom is 0.153 e. The number of rotatable bonds is 5. The highest BCUT2D eigenvalue weighted by Crippen LogP contribution is 2.12. The fourth-order valence-electron chi connectivity index (χ4n) is 1.29. The van der Waals surface area contributed by atoms with Gasteiger partial charge in [-0.05, 0) is 12.1 Å². The smallest absolute Gasteiger partial charge is 0.153 e. The number of nitrogens with zero attached hydrogens (tertiary/aromatic N) is 4. The molecule has 0 aliphatic carbocycles. The van der Waals surface area contributed by atoms with Gasteiger partial charge in [0, 0.05) is 13.3 Å². The van der Waals surface area contributed by atoms with Gasteiger partial charge in [-0.3, -0.25) is 4.68 Å². The number of nitrogen functional groups attached to an aromatic ring is 1. The number of hydrogen-bond donors (Lipinski definition) is 2. The van der Waals surface area contributed by atoms with Gasteiger partial charge in [0.2, 0.25) is 0 Å². The molecule has 0 bridgehead atoms. The third-order valence-electron chi connectivity index (χ3n) is 2.12. The van der Waals surface area contributed by atoms with Crippen LogP contribution >= 0.6 is 0 Å². The van der Waals surface area contributed by atoms with Crippen LogP contribution in [0.3, 0.4) is 0 Å². The van der Waals surface area contributed by atoms with Gasteiger partial charge in [0.1, 0.15) is 5.82 Å². The fourth-order valence-corrected chi connectivity index (χ4v) is 1.29. The zero-order valence-corrected chi connectivity index (χ0v) is 9.50. The minimum atomic E-state index is 0.395. The van der Waals surface area contributed by atoms with Crippen molar-refractivity contribution < 1.29 is 4.74 Å². The molecule has 2 rings (SSSR count). The Kier molecular flexibility index (Phi) is 3.51. The lowest BCUT2D eigenvalue weighted by Gasteiger charge is -2.01. The summed E-state index contributed by atoms with van der Waals surface area (Å²) < 4.78 is 6.76. The highest BCUT2D eigenvalue weighted by molar-refractivity contribution is 5.54. The molecule has 0 radical (unpaired) electrons. The van der Waals surface area contributed by atoms with E-state index in [9.17, 15) is 0 Å². The Morgan fingerprint density at radius 1 is 1.41 bits per heavy atom. The lowest BCUT2D eigenvalue weighted by Crippen LogP contribution is -2.04. The molecule has 2 heterocycles. The molecule has 0 aliphatic rings. The van der Waals surface area contributed by atoms with Gasteiger partial charge in [-0.25, -0.2) is 0 Å². The first-order chi connectivity index (χ1) is 8.28. The molecule has 2 aromatic heterocycles. The zero-order chi connectivity index (χ0) is 12.1. The predicted octanol–water partition coefficient (Wildman–Crippen LogP) is 0.645. The number of ether oxygens (including phenoxy) is 1. The molecule has 17 heavy (non-hydrogen) atoms. The van der Waals surface area contributed by atoms with E-state index in [1.807, 2.05) is 6.20 Å². The van der Waals surface area contributed by atoms with Gasteiger partial charge in [0.25, 0.3) is 0 Å². The number of methoxy groups -OCH3 is 1. The summed E-state index contributed by atoms with van der Waals surface area (Å²) in [5, 5.41) is 14.9. The standard InChI is InChI=1S/C10H14N6O/c1-17-5-4-16-7-8(6-12-16)13-10-3-2-9(11)14-15-10/h2-3,6-7H,4-5H2,1H3,(H2,11,14)(H,13,15). The van der Waals surface area contributed by atoms with Crippen molar-refractivity contribution in [2.45, 2.75) is 6.54 Å². The van der Waals surface area contributed by atoms with Crippen LogP contribution in [0.5, 0.6) is 0 Å². The van der Waals surface area contributed by atoms with Gasteiger partial charge in [0.15, 0.2) is 5.82 Å². The van der Waals surface area contributed by atoms with Crippen molar-refractivity contribution in [2.75, 3.05) is 24.8 Å². The molecular weight excluding hydrogens is 220 g/mol. The van der Waals surface area contributed by atoms with Gasteiger partial charge < -0.3 is 15.8 Å². The number of nitrogens with one attached hydrogen (secondary N) is 1. The summed E-state index contributed by atoms with van der Waals surface area (Å²) in [6, 6.07) is 3.44. The monoisotopic (exact) mass is 234 g/mol. The van der Waals surface area contributed by atoms with E-state index in [1.165, 1.54) is 0 Å². The van der Waals surface area contributed by atoms with Crippen molar-refractivity contribution in [1.29, 1.82) is 0 Å². The third kappa shape index (κ3) is 3.15. The molecule has 2 aromatic rings. The van der Waals surface area contributed by atoms with Crippen molar-refractivity contribution in [1.82, 2.24) is 20.0 Å². The van der Waals surface area contributed by atoms with Crippen molar-refractivity contribution in [3.8, 4) is 0 Å². The molecular formula is C10H14N6O. The minimum Gasteiger partial charge on any atom is -0.383 e. The normalized spacial score (nSPS) is 10.4. The van der Waals surface area contributed by atoms with Crippen LogP contribution in [0.25, 0.3) is 0 Å². The summed E-state index contributed by atoms with van der Waals surface area (Å²) in [6.07, 6.45) is 3.59. The van der Waals surface area contributed by atoms with Crippen LogP contribution in [0, 0.1) is 0 Å². The fraction of sp³-hybridized carbons (Fsp3) is 0.300. The van der Waals surface area contributed by atoms with Crippen LogP contribution < -0.4 is 11.1 Å². The highest BCUT2D eigenvalue weighted by atomic mass is 16.5. The summed E-state index contributed by atoms with van der Waals surface area (Å²) in [4.78, 5) is 0. The first-order valence-corrected chi connectivity index (χ1v) is 5.15. The average Bonchev–Trinajstić information content (AvgIpc) is 2.77. The SMILES string of the molecule is COCCn1cc(Nc2ccc(N)nn2)cn1. The number of hydrogen-bond acceptors (Lipinski definition) is 6. The first-order valence-electron chi connectivity index (χ1n) is 5.15. The van der Waals surface area contributed by atoms with Crippen LogP contribution in [0.1, 0.15) is 0 Å². The number of aromatic nitrogens is 4. The second-order valence-electron chi connectivity index (χ2n) is 3.45. The molecule has 3 N–H and O–H groups in total. The lowest BCUT2D eigenvalue weighted by atomic mass is 10.4. The summed E-state index contributed by atoms with van der Waals surface area (Å²) >= 11 is 0. The third-order valence-corrected chi connectivity index (χ3v) is 2.12.